The van der Waals surface area contributed by atoms with Gasteiger partial charge in [-0.15, -0.1) is 0 Å². The van der Waals surface area contributed by atoms with Crippen LogP contribution < -0.4 is 0 Å². The van der Waals surface area contributed by atoms with Gasteiger partial charge in [-0.25, -0.2) is 0 Å². The summed E-state index contributed by atoms with van der Waals surface area (Å²) in [5.41, 5.74) is 8.62. The van der Waals surface area contributed by atoms with Crippen molar-refractivity contribution >= 4 is 11.5 Å². The van der Waals surface area contributed by atoms with E-state index in [2.05, 4.69) is 14.4 Å². The Morgan fingerprint density at radius 3 is 3.25 bits per heavy atom. The molecule has 5 nitrogen and oxygen atoms in total. The minimum Gasteiger partial charge on any atom is -0.387 e. The molecule has 0 radical (unpaired) electrons. The average molecular weight is 184 g/mol. The Hall–Kier alpha value is -1.10. The van der Waals surface area contributed by atoms with Gasteiger partial charge in [-0.3, -0.25) is 0 Å². The van der Waals surface area contributed by atoms with Crippen LogP contribution in [0.1, 0.15) is 18.2 Å². The second kappa shape index (κ2) is 4.71. The van der Waals surface area contributed by atoms with Gasteiger partial charge in [0.15, 0.2) is 0 Å². The quantitative estimate of drug-likeness (QED) is 0.440. The molecule has 0 aliphatic carbocycles. The standard InChI is InChI=1S/C6H8N4OS/c7-10-8-3-1-6(11)5-2-4-12-9-5/h2,4,6,11H,1,3H2. The summed E-state index contributed by atoms with van der Waals surface area (Å²) in [7, 11) is 0. The van der Waals surface area contributed by atoms with Crippen molar-refractivity contribution in [3.63, 3.8) is 0 Å². The maximum Gasteiger partial charge on any atom is 0.0971 e. The summed E-state index contributed by atoms with van der Waals surface area (Å²) in [5, 5.41) is 14.5. The first-order valence-electron chi connectivity index (χ1n) is 3.44. The summed E-state index contributed by atoms with van der Waals surface area (Å²) >= 11 is 1.29. The van der Waals surface area contributed by atoms with Crippen LogP contribution in [-0.4, -0.2) is 16.0 Å². The minimum absolute atomic E-state index is 0.301. The molecule has 6 heteroatoms. The van der Waals surface area contributed by atoms with Crippen molar-refractivity contribution in [2.24, 2.45) is 5.11 Å². The van der Waals surface area contributed by atoms with Gasteiger partial charge in [0.1, 0.15) is 0 Å². The molecule has 0 fully saturated rings. The molecular formula is C6H8N4OS. The molecule has 1 N–H and O–H groups in total. The van der Waals surface area contributed by atoms with E-state index in [1.807, 2.05) is 0 Å². The highest BCUT2D eigenvalue weighted by molar-refractivity contribution is 7.03. The Kier molecular flexibility index (Phi) is 3.53. The molecule has 0 aliphatic heterocycles. The highest BCUT2D eigenvalue weighted by Crippen LogP contribution is 2.15. The molecule has 1 unspecified atom stereocenters. The molecule has 0 spiro atoms. The number of hydrogen-bond acceptors (Lipinski definition) is 4. The first-order valence-corrected chi connectivity index (χ1v) is 4.27. The van der Waals surface area contributed by atoms with E-state index < -0.39 is 6.10 Å². The zero-order chi connectivity index (χ0) is 8.81. The Morgan fingerprint density at radius 2 is 2.67 bits per heavy atom. The predicted octanol–water partition coefficient (Wildman–Crippen LogP) is 1.88. The van der Waals surface area contributed by atoms with Crippen LogP contribution in [0, 0.1) is 0 Å². The summed E-state index contributed by atoms with van der Waals surface area (Å²) in [4.78, 5) is 2.59. The van der Waals surface area contributed by atoms with Gasteiger partial charge in [-0.1, -0.05) is 5.11 Å². The highest BCUT2D eigenvalue weighted by atomic mass is 32.1. The fraction of sp³-hybridized carbons (Fsp3) is 0.500. The SMILES string of the molecule is [N-]=[N+]=NCCC(O)c1ccsn1. The van der Waals surface area contributed by atoms with Crippen molar-refractivity contribution in [2.45, 2.75) is 12.5 Å². The number of aliphatic hydroxyl groups excluding tert-OH is 1. The molecule has 0 bridgehead atoms. The first kappa shape index (κ1) is 8.99. The maximum absolute atomic E-state index is 9.40. The van der Waals surface area contributed by atoms with Crippen LogP contribution in [0.2, 0.25) is 0 Å². The fourth-order valence-electron chi connectivity index (χ4n) is 0.766. The number of nitrogens with zero attached hydrogens (tertiary/aromatic N) is 4. The molecule has 0 saturated carbocycles. The molecule has 0 saturated heterocycles. The van der Waals surface area contributed by atoms with Crippen LogP contribution in [0.25, 0.3) is 10.4 Å². The number of azide groups is 1. The van der Waals surface area contributed by atoms with E-state index in [1.165, 1.54) is 11.5 Å². The van der Waals surface area contributed by atoms with Gasteiger partial charge in [-0.05, 0) is 29.6 Å². The van der Waals surface area contributed by atoms with Gasteiger partial charge < -0.3 is 5.11 Å². The van der Waals surface area contributed by atoms with Gasteiger partial charge in [0.25, 0.3) is 0 Å². The van der Waals surface area contributed by atoms with E-state index >= 15 is 0 Å². The molecule has 1 aromatic rings. The molecule has 12 heavy (non-hydrogen) atoms. The third kappa shape index (κ3) is 2.50. The third-order valence-corrected chi connectivity index (χ3v) is 1.94. The van der Waals surface area contributed by atoms with Crippen LogP contribution in [0.4, 0.5) is 0 Å². The molecule has 1 rings (SSSR count). The number of aromatic nitrogens is 1. The third-order valence-electron chi connectivity index (χ3n) is 1.36. The Bertz CT molecular complexity index is 267. The smallest absolute Gasteiger partial charge is 0.0971 e. The minimum atomic E-state index is -0.609. The highest BCUT2D eigenvalue weighted by Gasteiger charge is 2.07. The lowest BCUT2D eigenvalue weighted by molar-refractivity contribution is 0.166. The monoisotopic (exact) mass is 184 g/mol. The van der Waals surface area contributed by atoms with E-state index in [1.54, 1.807) is 11.4 Å². The molecule has 1 heterocycles. The van der Waals surface area contributed by atoms with E-state index in [4.69, 9.17) is 5.53 Å². The normalized spacial score (nSPS) is 12.1. The Labute approximate surface area is 73.5 Å². The maximum atomic E-state index is 9.40. The van der Waals surface area contributed by atoms with Crippen LogP contribution in [0.3, 0.4) is 0 Å². The molecule has 0 amide bonds. The second-order valence-corrected chi connectivity index (χ2v) is 2.85. The molecule has 0 aliphatic rings. The zero-order valence-electron chi connectivity index (χ0n) is 6.29. The van der Waals surface area contributed by atoms with E-state index in [0.717, 1.165) is 0 Å². The van der Waals surface area contributed by atoms with Crippen molar-refractivity contribution in [3.05, 3.63) is 27.6 Å². The van der Waals surface area contributed by atoms with Gasteiger partial charge in [0.2, 0.25) is 0 Å². The Balaban J connectivity index is 2.39. The zero-order valence-corrected chi connectivity index (χ0v) is 7.11. The average Bonchev–Trinajstić information content (AvgIpc) is 2.56. The molecule has 1 atom stereocenters. The summed E-state index contributed by atoms with van der Waals surface area (Å²) < 4.78 is 3.95. The van der Waals surface area contributed by atoms with Crippen LogP contribution in [-0.2, 0) is 0 Å². The van der Waals surface area contributed by atoms with E-state index in [0.29, 0.717) is 18.7 Å². The van der Waals surface area contributed by atoms with Crippen molar-refractivity contribution in [1.29, 1.82) is 0 Å². The second-order valence-electron chi connectivity index (χ2n) is 2.18. The van der Waals surface area contributed by atoms with Crippen molar-refractivity contribution < 1.29 is 5.11 Å². The first-order chi connectivity index (χ1) is 5.84. The van der Waals surface area contributed by atoms with Gasteiger partial charge in [0.05, 0.1) is 11.8 Å². The van der Waals surface area contributed by atoms with Crippen LogP contribution >= 0.6 is 11.5 Å². The topological polar surface area (TPSA) is 81.9 Å². The molecular weight excluding hydrogens is 176 g/mol. The van der Waals surface area contributed by atoms with Gasteiger partial charge in [-0.2, -0.15) is 4.37 Å². The van der Waals surface area contributed by atoms with Crippen LogP contribution in [0.5, 0.6) is 0 Å². The number of hydrogen-bond donors (Lipinski definition) is 1. The van der Waals surface area contributed by atoms with E-state index in [-0.39, 0.29) is 0 Å². The predicted molar refractivity (Wildman–Crippen MR) is 45.7 cm³/mol. The van der Waals surface area contributed by atoms with Gasteiger partial charge in [0, 0.05) is 16.8 Å². The lowest BCUT2D eigenvalue weighted by Crippen LogP contribution is -1.98. The number of rotatable bonds is 4. The molecule has 1 aromatic heterocycles. The summed E-state index contributed by atoms with van der Waals surface area (Å²) in [6.07, 6.45) is -0.185. The van der Waals surface area contributed by atoms with Crippen LogP contribution in [0.15, 0.2) is 16.6 Å². The van der Waals surface area contributed by atoms with Crippen molar-refractivity contribution in [1.82, 2.24) is 4.37 Å². The largest absolute Gasteiger partial charge is 0.387 e. The van der Waals surface area contributed by atoms with E-state index in [9.17, 15) is 5.11 Å². The summed E-state index contributed by atoms with van der Waals surface area (Å²) in [6.45, 7) is 0.301. The summed E-state index contributed by atoms with van der Waals surface area (Å²) in [6, 6.07) is 1.76. The molecule has 0 aromatic carbocycles. The Morgan fingerprint density at radius 1 is 1.83 bits per heavy atom. The van der Waals surface area contributed by atoms with Gasteiger partial charge >= 0.3 is 0 Å². The summed E-state index contributed by atoms with van der Waals surface area (Å²) in [5.74, 6) is 0. The number of aliphatic hydroxyl groups is 1. The lowest BCUT2D eigenvalue weighted by atomic mass is 10.2. The lowest BCUT2D eigenvalue weighted by Gasteiger charge is -2.03. The molecule has 64 valence electrons. The van der Waals surface area contributed by atoms with Crippen molar-refractivity contribution in [2.75, 3.05) is 6.54 Å². The fourth-order valence-corrected chi connectivity index (χ4v) is 1.33. The van der Waals surface area contributed by atoms with Crippen molar-refractivity contribution in [3.8, 4) is 0 Å².